The molecule has 2 atom stereocenters. The van der Waals surface area contributed by atoms with Crippen LogP contribution in [0.15, 0.2) is 18.2 Å². The summed E-state index contributed by atoms with van der Waals surface area (Å²) in [6.45, 7) is 8.48. The third-order valence-electron chi connectivity index (χ3n) is 6.00. The van der Waals surface area contributed by atoms with Gasteiger partial charge in [0.15, 0.2) is 5.65 Å². The van der Waals surface area contributed by atoms with E-state index in [0.717, 1.165) is 28.4 Å². The second kappa shape index (κ2) is 8.22. The van der Waals surface area contributed by atoms with E-state index in [2.05, 4.69) is 15.2 Å². The van der Waals surface area contributed by atoms with Crippen LogP contribution >= 0.6 is 0 Å². The van der Waals surface area contributed by atoms with Crippen LogP contribution in [0, 0.1) is 19.8 Å². The van der Waals surface area contributed by atoms with Gasteiger partial charge in [0.2, 0.25) is 5.91 Å². The van der Waals surface area contributed by atoms with Crippen LogP contribution in [0.5, 0.6) is 0 Å². The largest absolute Gasteiger partial charge is 0.433 e. The summed E-state index contributed by atoms with van der Waals surface area (Å²) in [5.74, 6) is -0.364. The predicted molar refractivity (Wildman–Crippen MR) is 112 cm³/mol. The molecule has 1 saturated heterocycles. The lowest BCUT2D eigenvalue weighted by Gasteiger charge is -2.26. The summed E-state index contributed by atoms with van der Waals surface area (Å²) >= 11 is 0. The van der Waals surface area contributed by atoms with Crippen molar-refractivity contribution in [2.75, 3.05) is 6.54 Å². The standard InChI is InChI=1S/C22H27F3N6O/c1-5-16-10-19(22(23,24)25)31-20(26-16)11-17(28-31)18-7-6-8-29(18)21(32)13(2)12-30-15(4)9-14(3)27-30/h9-11,13,18H,5-8,12H2,1-4H3/t13-,18-/m1/s1. The summed E-state index contributed by atoms with van der Waals surface area (Å²) in [6.07, 6.45) is -2.73. The lowest BCUT2D eigenvalue weighted by atomic mass is 10.1. The molecule has 0 saturated carbocycles. The van der Waals surface area contributed by atoms with Gasteiger partial charge in [-0.15, -0.1) is 0 Å². The van der Waals surface area contributed by atoms with Gasteiger partial charge in [-0.05, 0) is 45.2 Å². The first-order valence-corrected chi connectivity index (χ1v) is 10.9. The minimum absolute atomic E-state index is 0.0460. The van der Waals surface area contributed by atoms with Crippen LogP contribution in [0.25, 0.3) is 5.65 Å². The molecule has 10 heteroatoms. The SMILES string of the molecule is CCc1cc(C(F)(F)F)n2nc([C@H]3CCCN3C(=O)[C@H](C)Cn3nc(C)cc3C)cc2n1. The van der Waals surface area contributed by atoms with E-state index in [1.54, 1.807) is 17.9 Å². The fourth-order valence-corrected chi connectivity index (χ4v) is 4.41. The number of hydrogen-bond donors (Lipinski definition) is 0. The van der Waals surface area contributed by atoms with Crippen molar-refractivity contribution >= 4 is 11.6 Å². The molecule has 0 aliphatic carbocycles. The molecule has 0 aromatic carbocycles. The number of rotatable bonds is 5. The minimum Gasteiger partial charge on any atom is -0.334 e. The van der Waals surface area contributed by atoms with Crippen molar-refractivity contribution < 1.29 is 18.0 Å². The lowest BCUT2D eigenvalue weighted by Crippen LogP contribution is -2.36. The average molecular weight is 448 g/mol. The van der Waals surface area contributed by atoms with E-state index in [4.69, 9.17) is 0 Å². The van der Waals surface area contributed by atoms with Crippen LogP contribution in [0.4, 0.5) is 13.2 Å². The molecule has 172 valence electrons. The van der Waals surface area contributed by atoms with Gasteiger partial charge in [-0.2, -0.15) is 23.4 Å². The van der Waals surface area contributed by atoms with Gasteiger partial charge >= 0.3 is 6.18 Å². The number of hydrogen-bond acceptors (Lipinski definition) is 4. The van der Waals surface area contributed by atoms with E-state index < -0.39 is 11.9 Å². The van der Waals surface area contributed by atoms with Crippen LogP contribution in [-0.2, 0) is 23.9 Å². The zero-order valence-corrected chi connectivity index (χ0v) is 18.6. The van der Waals surface area contributed by atoms with Crippen molar-refractivity contribution in [3.05, 3.63) is 46.7 Å². The van der Waals surface area contributed by atoms with Crippen molar-refractivity contribution in [1.82, 2.24) is 29.3 Å². The first-order chi connectivity index (χ1) is 15.1. The van der Waals surface area contributed by atoms with Crippen LogP contribution in [0.2, 0.25) is 0 Å². The van der Waals surface area contributed by atoms with Gasteiger partial charge in [0.05, 0.1) is 29.9 Å². The molecule has 1 fully saturated rings. The number of aryl methyl sites for hydroxylation is 3. The molecule has 32 heavy (non-hydrogen) atoms. The maximum absolute atomic E-state index is 13.6. The summed E-state index contributed by atoms with van der Waals surface area (Å²) < 4.78 is 43.5. The van der Waals surface area contributed by atoms with E-state index in [0.29, 0.717) is 37.3 Å². The maximum Gasteiger partial charge on any atom is 0.433 e. The van der Waals surface area contributed by atoms with Gasteiger partial charge < -0.3 is 4.90 Å². The Morgan fingerprint density at radius 1 is 1.22 bits per heavy atom. The summed E-state index contributed by atoms with van der Waals surface area (Å²) in [6, 6.07) is 4.22. The summed E-state index contributed by atoms with van der Waals surface area (Å²) in [5.41, 5.74) is 1.99. The number of fused-ring (bicyclic) bond motifs is 1. The molecule has 1 amide bonds. The smallest absolute Gasteiger partial charge is 0.334 e. The zero-order chi connectivity index (χ0) is 23.2. The van der Waals surface area contributed by atoms with E-state index in [9.17, 15) is 18.0 Å². The van der Waals surface area contributed by atoms with Crippen molar-refractivity contribution in [3.8, 4) is 0 Å². The number of nitrogens with zero attached hydrogens (tertiary/aromatic N) is 6. The highest BCUT2D eigenvalue weighted by Gasteiger charge is 2.37. The molecule has 0 radical (unpaired) electrons. The minimum atomic E-state index is -4.55. The summed E-state index contributed by atoms with van der Waals surface area (Å²) in [7, 11) is 0. The topological polar surface area (TPSA) is 68.3 Å². The second-order valence-corrected chi connectivity index (χ2v) is 8.52. The lowest BCUT2D eigenvalue weighted by molar-refractivity contribution is -0.143. The van der Waals surface area contributed by atoms with E-state index >= 15 is 0 Å². The molecule has 0 bridgehead atoms. The van der Waals surface area contributed by atoms with E-state index in [1.165, 1.54) is 0 Å². The Bertz CT molecular complexity index is 1150. The number of likely N-dealkylation sites (tertiary alicyclic amines) is 1. The molecule has 1 aliphatic heterocycles. The summed E-state index contributed by atoms with van der Waals surface area (Å²) in [4.78, 5) is 19.3. The third-order valence-corrected chi connectivity index (χ3v) is 6.00. The van der Waals surface area contributed by atoms with Crippen LogP contribution in [-0.4, -0.2) is 41.7 Å². The molecule has 0 spiro atoms. The Balaban J connectivity index is 1.63. The fourth-order valence-electron chi connectivity index (χ4n) is 4.41. The van der Waals surface area contributed by atoms with Crippen LogP contribution in [0.1, 0.15) is 61.2 Å². The fraction of sp³-hybridized carbons (Fsp3) is 0.545. The van der Waals surface area contributed by atoms with E-state index in [1.807, 2.05) is 31.5 Å². The van der Waals surface area contributed by atoms with Gasteiger partial charge in [0.25, 0.3) is 0 Å². The third kappa shape index (κ3) is 4.10. The Hall–Kier alpha value is -2.91. The molecule has 0 N–H and O–H groups in total. The number of alkyl halides is 3. The molecule has 4 heterocycles. The van der Waals surface area contributed by atoms with Crippen molar-refractivity contribution in [2.24, 2.45) is 5.92 Å². The molecule has 3 aromatic rings. The first kappa shape index (κ1) is 22.3. The molecule has 1 aliphatic rings. The van der Waals surface area contributed by atoms with Gasteiger partial charge in [-0.25, -0.2) is 9.50 Å². The average Bonchev–Trinajstić information content (AvgIpc) is 3.43. The highest BCUT2D eigenvalue weighted by molar-refractivity contribution is 5.79. The van der Waals surface area contributed by atoms with Crippen LogP contribution < -0.4 is 0 Å². The molecule has 7 nitrogen and oxygen atoms in total. The van der Waals surface area contributed by atoms with Crippen LogP contribution in [0.3, 0.4) is 0 Å². The molecule has 4 rings (SSSR count). The van der Waals surface area contributed by atoms with Gasteiger partial charge in [-0.1, -0.05) is 13.8 Å². The Labute approximate surface area is 184 Å². The van der Waals surface area contributed by atoms with Gasteiger partial charge in [0, 0.05) is 24.0 Å². The Morgan fingerprint density at radius 3 is 2.59 bits per heavy atom. The quantitative estimate of drug-likeness (QED) is 0.589. The second-order valence-electron chi connectivity index (χ2n) is 8.52. The van der Waals surface area contributed by atoms with Crippen molar-refractivity contribution in [2.45, 2.75) is 65.7 Å². The molecule has 0 unspecified atom stereocenters. The Morgan fingerprint density at radius 2 is 1.97 bits per heavy atom. The number of aromatic nitrogens is 5. The maximum atomic E-state index is 13.6. The monoisotopic (exact) mass is 448 g/mol. The normalized spacial score (nSPS) is 18.0. The number of carbonyl (C=O) groups excluding carboxylic acids is 1. The number of halogens is 3. The molecular formula is C22H27F3N6O. The highest BCUT2D eigenvalue weighted by atomic mass is 19.4. The van der Waals surface area contributed by atoms with Crippen molar-refractivity contribution in [1.29, 1.82) is 0 Å². The Kier molecular flexibility index (Phi) is 5.72. The van der Waals surface area contributed by atoms with Crippen molar-refractivity contribution in [3.63, 3.8) is 0 Å². The zero-order valence-electron chi connectivity index (χ0n) is 18.6. The highest BCUT2D eigenvalue weighted by Crippen LogP contribution is 2.35. The first-order valence-electron chi connectivity index (χ1n) is 10.9. The van der Waals surface area contributed by atoms with Gasteiger partial charge in [-0.3, -0.25) is 9.48 Å². The number of amides is 1. The number of carbonyl (C=O) groups is 1. The molecular weight excluding hydrogens is 421 g/mol. The predicted octanol–water partition coefficient (Wildman–Crippen LogP) is 4.12. The van der Waals surface area contributed by atoms with Gasteiger partial charge in [0.1, 0.15) is 5.69 Å². The molecule has 3 aromatic heterocycles. The van der Waals surface area contributed by atoms with E-state index in [-0.39, 0.29) is 23.5 Å². The summed E-state index contributed by atoms with van der Waals surface area (Å²) in [5, 5.41) is 8.68.